The van der Waals surface area contributed by atoms with Gasteiger partial charge in [0, 0.05) is 24.7 Å². The molecule has 3 aliphatic rings. The summed E-state index contributed by atoms with van der Waals surface area (Å²) in [5, 5.41) is 0. The maximum atomic E-state index is 12.9. The van der Waals surface area contributed by atoms with Crippen molar-refractivity contribution in [2.45, 2.75) is 76.3 Å². The Balaban J connectivity index is 0.00000144. The highest BCUT2D eigenvalue weighted by Gasteiger charge is 2.40. The van der Waals surface area contributed by atoms with Crippen LogP contribution in [0.25, 0.3) is 0 Å². The van der Waals surface area contributed by atoms with Gasteiger partial charge in [0.05, 0.1) is 5.92 Å². The number of hydrogen-bond donors (Lipinski definition) is 1. The summed E-state index contributed by atoms with van der Waals surface area (Å²) in [5.41, 5.74) is 6.13. The minimum Gasteiger partial charge on any atom is -0.342 e. The molecule has 1 aliphatic carbocycles. The number of rotatable bonds is 2. The number of hydrogen-bond acceptors (Lipinski definition) is 3. The van der Waals surface area contributed by atoms with E-state index < -0.39 is 0 Å². The van der Waals surface area contributed by atoms with Gasteiger partial charge in [0.1, 0.15) is 0 Å². The number of likely N-dealkylation sites (tertiary alicyclic amines) is 2. The molecule has 0 aromatic carbocycles. The summed E-state index contributed by atoms with van der Waals surface area (Å²) in [6.45, 7) is 6.48. The molecule has 2 unspecified atom stereocenters. The van der Waals surface area contributed by atoms with Crippen molar-refractivity contribution in [2.24, 2.45) is 11.7 Å². The summed E-state index contributed by atoms with van der Waals surface area (Å²) < 4.78 is 0. The lowest BCUT2D eigenvalue weighted by molar-refractivity contribution is -0.140. The van der Waals surface area contributed by atoms with Crippen LogP contribution in [-0.2, 0) is 4.79 Å². The van der Waals surface area contributed by atoms with E-state index in [1.54, 1.807) is 0 Å². The lowest BCUT2D eigenvalue weighted by Gasteiger charge is -2.44. The Hall–Kier alpha value is -0.0300. The fraction of sp³-hybridized carbons (Fsp3) is 0.944. The Morgan fingerprint density at radius 3 is 2.12 bits per heavy atom. The van der Waals surface area contributed by atoms with Crippen LogP contribution in [0.15, 0.2) is 0 Å². The number of halogens is 2. The van der Waals surface area contributed by atoms with Crippen LogP contribution in [-0.4, -0.2) is 53.5 Å². The van der Waals surface area contributed by atoms with E-state index in [0.29, 0.717) is 11.9 Å². The van der Waals surface area contributed by atoms with E-state index in [1.807, 2.05) is 0 Å². The predicted molar refractivity (Wildman–Crippen MR) is 104 cm³/mol. The summed E-state index contributed by atoms with van der Waals surface area (Å²) in [6, 6.07) is 0.708. The first-order valence-corrected chi connectivity index (χ1v) is 9.40. The lowest BCUT2D eigenvalue weighted by Crippen LogP contribution is -2.56. The number of nitrogens with zero attached hydrogens (tertiary/aromatic N) is 2. The van der Waals surface area contributed by atoms with Crippen molar-refractivity contribution in [3.8, 4) is 0 Å². The van der Waals surface area contributed by atoms with Gasteiger partial charge in [-0.05, 0) is 58.5 Å². The van der Waals surface area contributed by atoms with E-state index in [-0.39, 0.29) is 36.3 Å². The van der Waals surface area contributed by atoms with Crippen molar-refractivity contribution < 1.29 is 4.79 Å². The first kappa shape index (κ1) is 22.0. The minimum atomic E-state index is -0.293. The van der Waals surface area contributed by atoms with Gasteiger partial charge in [-0.1, -0.05) is 19.3 Å². The molecule has 2 N–H and O–H groups in total. The zero-order valence-electron chi connectivity index (χ0n) is 15.0. The van der Waals surface area contributed by atoms with Gasteiger partial charge in [-0.15, -0.1) is 24.8 Å². The van der Waals surface area contributed by atoms with Crippen molar-refractivity contribution in [3.63, 3.8) is 0 Å². The van der Waals surface area contributed by atoms with Gasteiger partial charge in [-0.2, -0.15) is 0 Å². The quantitative estimate of drug-likeness (QED) is 0.800. The molecule has 2 atom stereocenters. The lowest BCUT2D eigenvalue weighted by atomic mass is 9.74. The average molecular weight is 380 g/mol. The molecule has 142 valence electrons. The number of piperidine rings is 2. The third-order valence-corrected chi connectivity index (χ3v) is 6.24. The average Bonchev–Trinajstić information content (AvgIpc) is 2.55. The van der Waals surface area contributed by atoms with E-state index >= 15 is 0 Å². The molecule has 0 bridgehead atoms. The van der Waals surface area contributed by atoms with Crippen LogP contribution < -0.4 is 5.73 Å². The molecule has 2 aliphatic heterocycles. The van der Waals surface area contributed by atoms with Gasteiger partial charge in [0.25, 0.3) is 0 Å². The molecule has 0 aromatic rings. The predicted octanol–water partition coefficient (Wildman–Crippen LogP) is 3.21. The second-order valence-corrected chi connectivity index (χ2v) is 7.96. The molecular weight excluding hydrogens is 345 g/mol. The molecule has 3 fully saturated rings. The summed E-state index contributed by atoms with van der Waals surface area (Å²) in [4.78, 5) is 17.7. The monoisotopic (exact) mass is 379 g/mol. The maximum absolute atomic E-state index is 12.9. The van der Waals surface area contributed by atoms with Crippen molar-refractivity contribution >= 4 is 30.7 Å². The Labute approximate surface area is 159 Å². The van der Waals surface area contributed by atoms with Gasteiger partial charge < -0.3 is 15.5 Å². The second-order valence-electron chi connectivity index (χ2n) is 7.96. The summed E-state index contributed by atoms with van der Waals surface area (Å²) in [7, 11) is 0. The molecule has 3 rings (SSSR count). The molecule has 1 amide bonds. The Morgan fingerprint density at radius 1 is 0.917 bits per heavy atom. The van der Waals surface area contributed by atoms with E-state index in [2.05, 4.69) is 16.7 Å². The minimum absolute atomic E-state index is 0. The zero-order valence-corrected chi connectivity index (χ0v) is 16.7. The standard InChI is InChI=1S/C18H33N3O.2ClH/c1-18(19)10-4-3-7-16(18)17(22)21-13-8-15(9-14-21)20-11-5-2-6-12-20;;/h15-16H,2-14,19H2,1H3;2*1H. The molecule has 2 saturated heterocycles. The largest absolute Gasteiger partial charge is 0.342 e. The number of carbonyl (C=O) groups excluding carboxylic acids is 1. The van der Waals surface area contributed by atoms with Gasteiger partial charge in [-0.3, -0.25) is 4.79 Å². The smallest absolute Gasteiger partial charge is 0.227 e. The van der Waals surface area contributed by atoms with Crippen LogP contribution in [0.1, 0.15) is 64.7 Å². The molecule has 0 spiro atoms. The van der Waals surface area contributed by atoms with E-state index in [9.17, 15) is 4.79 Å². The molecule has 1 saturated carbocycles. The molecule has 24 heavy (non-hydrogen) atoms. The summed E-state index contributed by atoms with van der Waals surface area (Å²) >= 11 is 0. The molecule has 6 heteroatoms. The van der Waals surface area contributed by atoms with Crippen LogP contribution in [0, 0.1) is 5.92 Å². The highest BCUT2D eigenvalue weighted by molar-refractivity contribution is 5.85. The first-order chi connectivity index (χ1) is 10.6. The highest BCUT2D eigenvalue weighted by atomic mass is 35.5. The molecular formula is C18H35Cl2N3O. The SMILES string of the molecule is CC1(N)CCCCC1C(=O)N1CCC(N2CCCCC2)CC1.Cl.Cl. The van der Waals surface area contributed by atoms with Gasteiger partial charge in [0.15, 0.2) is 0 Å². The van der Waals surface area contributed by atoms with Crippen molar-refractivity contribution in [1.29, 1.82) is 0 Å². The van der Waals surface area contributed by atoms with Crippen molar-refractivity contribution in [1.82, 2.24) is 9.80 Å². The first-order valence-electron chi connectivity index (χ1n) is 9.40. The fourth-order valence-corrected chi connectivity index (χ4v) is 4.72. The van der Waals surface area contributed by atoms with Gasteiger partial charge >= 0.3 is 0 Å². The molecule has 0 aromatic heterocycles. The van der Waals surface area contributed by atoms with Crippen LogP contribution in [0.5, 0.6) is 0 Å². The fourth-order valence-electron chi connectivity index (χ4n) is 4.72. The topological polar surface area (TPSA) is 49.6 Å². The summed E-state index contributed by atoms with van der Waals surface area (Å²) in [6.07, 6.45) is 10.7. The number of amides is 1. The van der Waals surface area contributed by atoms with Gasteiger partial charge in [-0.25, -0.2) is 0 Å². The molecule has 2 heterocycles. The Morgan fingerprint density at radius 2 is 1.54 bits per heavy atom. The summed E-state index contributed by atoms with van der Waals surface area (Å²) in [5.74, 6) is 0.384. The van der Waals surface area contributed by atoms with Crippen molar-refractivity contribution in [3.05, 3.63) is 0 Å². The van der Waals surface area contributed by atoms with Gasteiger partial charge in [0.2, 0.25) is 5.91 Å². The molecule has 0 radical (unpaired) electrons. The second kappa shape index (κ2) is 9.61. The zero-order chi connectivity index (χ0) is 15.6. The van der Waals surface area contributed by atoms with Crippen molar-refractivity contribution in [2.75, 3.05) is 26.2 Å². The maximum Gasteiger partial charge on any atom is 0.227 e. The Bertz CT molecular complexity index is 392. The van der Waals surface area contributed by atoms with E-state index in [4.69, 9.17) is 5.73 Å². The highest BCUT2D eigenvalue weighted by Crippen LogP contribution is 2.33. The third kappa shape index (κ3) is 5.00. The van der Waals surface area contributed by atoms with Crippen LogP contribution in [0.3, 0.4) is 0 Å². The van der Waals surface area contributed by atoms with E-state index in [0.717, 1.165) is 45.2 Å². The van der Waals surface area contributed by atoms with Crippen LogP contribution >= 0.6 is 24.8 Å². The van der Waals surface area contributed by atoms with E-state index in [1.165, 1.54) is 38.8 Å². The molecule has 4 nitrogen and oxygen atoms in total. The number of carbonyl (C=O) groups is 1. The Kier molecular flexibility index (Phi) is 8.81. The number of nitrogens with two attached hydrogens (primary N) is 1. The van der Waals surface area contributed by atoms with Crippen LogP contribution in [0.2, 0.25) is 0 Å². The third-order valence-electron chi connectivity index (χ3n) is 6.24. The normalized spacial score (nSPS) is 32.6. The van der Waals surface area contributed by atoms with Crippen LogP contribution in [0.4, 0.5) is 0 Å².